The first-order chi connectivity index (χ1) is 11.8. The van der Waals surface area contributed by atoms with Gasteiger partial charge in [0.25, 0.3) is 0 Å². The van der Waals surface area contributed by atoms with Gasteiger partial charge in [-0.3, -0.25) is 4.79 Å². The van der Waals surface area contributed by atoms with Crippen LogP contribution in [0.5, 0.6) is 0 Å². The molecule has 124 valence electrons. The average Bonchev–Trinajstić information content (AvgIpc) is 3.49. The lowest BCUT2D eigenvalue weighted by atomic mass is 10.3. The number of anilines is 3. The van der Waals surface area contributed by atoms with Crippen LogP contribution in [0, 0.1) is 5.92 Å². The zero-order valence-electron chi connectivity index (χ0n) is 13.4. The third-order valence-electron chi connectivity index (χ3n) is 4.39. The number of amides is 1. The Morgan fingerprint density at radius 3 is 2.33 bits per heavy atom. The highest BCUT2D eigenvalue weighted by Gasteiger charge is 2.29. The molecule has 2 aliphatic rings. The number of carbonyl (C=O) groups is 1. The van der Waals surface area contributed by atoms with Crippen molar-refractivity contribution in [1.82, 2.24) is 15.0 Å². The molecule has 2 fully saturated rings. The van der Waals surface area contributed by atoms with Crippen LogP contribution in [0.2, 0.25) is 0 Å². The van der Waals surface area contributed by atoms with Gasteiger partial charge in [0.1, 0.15) is 5.82 Å². The van der Waals surface area contributed by atoms with Crippen LogP contribution in [0.3, 0.4) is 0 Å². The van der Waals surface area contributed by atoms with Gasteiger partial charge >= 0.3 is 0 Å². The summed E-state index contributed by atoms with van der Waals surface area (Å²) in [6.07, 6.45) is 7.18. The summed E-state index contributed by atoms with van der Waals surface area (Å²) in [5.74, 6) is 1.98. The van der Waals surface area contributed by atoms with Crippen molar-refractivity contribution < 1.29 is 4.79 Å². The number of carbonyl (C=O) groups excluding carboxylic acids is 1. The van der Waals surface area contributed by atoms with E-state index in [0.717, 1.165) is 44.8 Å². The maximum atomic E-state index is 11.7. The normalized spacial score (nSPS) is 17.7. The lowest BCUT2D eigenvalue weighted by Crippen LogP contribution is -2.47. The van der Waals surface area contributed by atoms with Crippen molar-refractivity contribution in [3.63, 3.8) is 0 Å². The highest BCUT2D eigenvalue weighted by atomic mass is 16.2. The topological polar surface area (TPSA) is 74.2 Å². The SMILES string of the molecule is O=C(Nc1cnc(N2CCN(c3ccccn3)CC2)nc1)C1CC1. The molecule has 1 N–H and O–H groups in total. The molecule has 7 nitrogen and oxygen atoms in total. The number of nitrogens with one attached hydrogen (secondary N) is 1. The molecule has 0 radical (unpaired) electrons. The highest BCUT2D eigenvalue weighted by molar-refractivity contribution is 5.93. The van der Waals surface area contributed by atoms with E-state index in [1.165, 1.54) is 0 Å². The summed E-state index contributed by atoms with van der Waals surface area (Å²) in [4.78, 5) is 29.4. The van der Waals surface area contributed by atoms with Crippen LogP contribution in [0.15, 0.2) is 36.8 Å². The Labute approximate surface area is 140 Å². The zero-order chi connectivity index (χ0) is 16.4. The van der Waals surface area contributed by atoms with E-state index in [9.17, 15) is 4.79 Å². The predicted molar refractivity (Wildman–Crippen MR) is 92.0 cm³/mol. The van der Waals surface area contributed by atoms with Crippen LogP contribution < -0.4 is 15.1 Å². The minimum atomic E-state index is 0.0790. The molecule has 0 unspecified atom stereocenters. The minimum absolute atomic E-state index is 0.0790. The second-order valence-electron chi connectivity index (χ2n) is 6.20. The summed E-state index contributed by atoms with van der Waals surface area (Å²) in [7, 11) is 0. The number of hydrogen-bond donors (Lipinski definition) is 1. The van der Waals surface area contributed by atoms with Crippen LogP contribution in [-0.4, -0.2) is 47.0 Å². The Morgan fingerprint density at radius 2 is 1.71 bits per heavy atom. The Balaban J connectivity index is 1.34. The van der Waals surface area contributed by atoms with E-state index in [0.29, 0.717) is 11.6 Å². The summed E-state index contributed by atoms with van der Waals surface area (Å²) in [6, 6.07) is 5.97. The average molecular weight is 324 g/mol. The van der Waals surface area contributed by atoms with Gasteiger partial charge in [0.2, 0.25) is 11.9 Å². The van der Waals surface area contributed by atoms with E-state index in [2.05, 4.69) is 30.1 Å². The molecule has 0 atom stereocenters. The summed E-state index contributed by atoms with van der Waals surface area (Å²) in [5.41, 5.74) is 0.669. The predicted octanol–water partition coefficient (Wildman–Crippen LogP) is 1.55. The fraction of sp³-hybridized carbons (Fsp3) is 0.412. The molecule has 7 heteroatoms. The number of nitrogens with zero attached hydrogens (tertiary/aromatic N) is 5. The molecule has 1 aliphatic heterocycles. The molecule has 0 bridgehead atoms. The Hall–Kier alpha value is -2.70. The molecule has 2 aromatic heterocycles. The largest absolute Gasteiger partial charge is 0.353 e. The molecule has 2 aromatic rings. The molecule has 0 aromatic carbocycles. The molecule has 24 heavy (non-hydrogen) atoms. The zero-order valence-corrected chi connectivity index (χ0v) is 13.4. The fourth-order valence-corrected chi connectivity index (χ4v) is 2.82. The number of aromatic nitrogens is 3. The molecular weight excluding hydrogens is 304 g/mol. The molecule has 1 saturated carbocycles. The second-order valence-corrected chi connectivity index (χ2v) is 6.20. The number of hydrogen-bond acceptors (Lipinski definition) is 6. The van der Waals surface area contributed by atoms with Gasteiger partial charge in [-0.2, -0.15) is 0 Å². The summed E-state index contributed by atoms with van der Waals surface area (Å²) < 4.78 is 0. The standard InChI is InChI=1S/C17H20N6O/c24-16(13-4-5-13)21-14-11-19-17(20-12-14)23-9-7-22(8-10-23)15-3-1-2-6-18-15/h1-3,6,11-13H,4-5,7-10H2,(H,21,24). The lowest BCUT2D eigenvalue weighted by Gasteiger charge is -2.35. The third-order valence-corrected chi connectivity index (χ3v) is 4.39. The van der Waals surface area contributed by atoms with Crippen molar-refractivity contribution in [3.05, 3.63) is 36.8 Å². The maximum Gasteiger partial charge on any atom is 0.227 e. The van der Waals surface area contributed by atoms with Gasteiger partial charge in [-0.25, -0.2) is 15.0 Å². The van der Waals surface area contributed by atoms with Gasteiger partial charge < -0.3 is 15.1 Å². The summed E-state index contributed by atoms with van der Waals surface area (Å²) in [5, 5.41) is 2.86. The van der Waals surface area contributed by atoms with Crippen LogP contribution in [0.25, 0.3) is 0 Å². The Kier molecular flexibility index (Phi) is 3.98. The first-order valence-electron chi connectivity index (χ1n) is 8.33. The van der Waals surface area contributed by atoms with E-state index < -0.39 is 0 Å². The number of pyridine rings is 1. The Morgan fingerprint density at radius 1 is 1.00 bits per heavy atom. The molecular formula is C17H20N6O. The van der Waals surface area contributed by atoms with Crippen molar-refractivity contribution in [2.24, 2.45) is 5.92 Å². The molecule has 1 aliphatic carbocycles. The van der Waals surface area contributed by atoms with E-state index in [4.69, 9.17) is 0 Å². The smallest absolute Gasteiger partial charge is 0.227 e. The quantitative estimate of drug-likeness (QED) is 0.920. The van der Waals surface area contributed by atoms with Gasteiger partial charge in [-0.15, -0.1) is 0 Å². The number of piperazine rings is 1. The van der Waals surface area contributed by atoms with Crippen LogP contribution in [-0.2, 0) is 4.79 Å². The molecule has 0 spiro atoms. The molecule has 4 rings (SSSR count). The lowest BCUT2D eigenvalue weighted by molar-refractivity contribution is -0.117. The van der Waals surface area contributed by atoms with E-state index >= 15 is 0 Å². The van der Waals surface area contributed by atoms with Gasteiger partial charge in [0.15, 0.2) is 0 Å². The van der Waals surface area contributed by atoms with Crippen molar-refractivity contribution in [3.8, 4) is 0 Å². The molecule has 1 amide bonds. The van der Waals surface area contributed by atoms with Crippen LogP contribution in [0.1, 0.15) is 12.8 Å². The van der Waals surface area contributed by atoms with Gasteiger partial charge in [-0.1, -0.05) is 6.07 Å². The number of rotatable bonds is 4. The first-order valence-corrected chi connectivity index (χ1v) is 8.33. The van der Waals surface area contributed by atoms with E-state index in [1.54, 1.807) is 12.4 Å². The van der Waals surface area contributed by atoms with Gasteiger partial charge in [0, 0.05) is 38.3 Å². The van der Waals surface area contributed by atoms with Gasteiger partial charge in [0.05, 0.1) is 18.1 Å². The van der Waals surface area contributed by atoms with Crippen molar-refractivity contribution in [1.29, 1.82) is 0 Å². The van der Waals surface area contributed by atoms with Crippen molar-refractivity contribution >= 4 is 23.4 Å². The monoisotopic (exact) mass is 324 g/mol. The van der Waals surface area contributed by atoms with Crippen molar-refractivity contribution in [2.45, 2.75) is 12.8 Å². The first kappa shape index (κ1) is 14.9. The third kappa shape index (κ3) is 3.29. The summed E-state index contributed by atoms with van der Waals surface area (Å²) in [6.45, 7) is 3.48. The Bertz CT molecular complexity index is 693. The fourth-order valence-electron chi connectivity index (χ4n) is 2.82. The van der Waals surface area contributed by atoms with Crippen molar-refractivity contribution in [2.75, 3.05) is 41.3 Å². The minimum Gasteiger partial charge on any atom is -0.353 e. The van der Waals surface area contributed by atoms with Crippen LogP contribution in [0.4, 0.5) is 17.5 Å². The van der Waals surface area contributed by atoms with Crippen LogP contribution >= 0.6 is 0 Å². The summed E-state index contributed by atoms with van der Waals surface area (Å²) >= 11 is 0. The van der Waals surface area contributed by atoms with Gasteiger partial charge in [-0.05, 0) is 25.0 Å². The molecule has 1 saturated heterocycles. The van der Waals surface area contributed by atoms with E-state index in [1.807, 2.05) is 24.4 Å². The second kappa shape index (κ2) is 6.43. The molecule has 3 heterocycles. The highest BCUT2D eigenvalue weighted by Crippen LogP contribution is 2.30. The van der Waals surface area contributed by atoms with E-state index in [-0.39, 0.29) is 11.8 Å². The maximum absolute atomic E-state index is 11.7.